The molecule has 0 spiro atoms. The molecule has 4 aromatic heterocycles. The fraction of sp³-hybridized carbons (Fsp3) is 0.240. The zero-order valence-corrected chi connectivity index (χ0v) is 17.8. The minimum absolute atomic E-state index is 0.0938. The average molecular weight is 412 g/mol. The van der Waals surface area contributed by atoms with Crippen molar-refractivity contribution in [2.75, 3.05) is 13.1 Å². The summed E-state index contributed by atoms with van der Waals surface area (Å²) >= 11 is 0. The van der Waals surface area contributed by atoms with Crippen molar-refractivity contribution >= 4 is 22.5 Å². The van der Waals surface area contributed by atoms with Crippen molar-refractivity contribution in [3.63, 3.8) is 0 Å². The first-order valence-corrected chi connectivity index (χ1v) is 10.6. The van der Waals surface area contributed by atoms with Gasteiger partial charge in [0.25, 0.3) is 5.91 Å². The third kappa shape index (κ3) is 3.54. The number of hydrogen-bond donors (Lipinski definition) is 1. The lowest BCUT2D eigenvalue weighted by Gasteiger charge is -2.26. The summed E-state index contributed by atoms with van der Waals surface area (Å²) in [6.45, 7) is 6.07. The second-order valence-electron chi connectivity index (χ2n) is 8.02. The summed E-state index contributed by atoms with van der Waals surface area (Å²) in [5.74, 6) is 0.0938. The number of amides is 1. The van der Waals surface area contributed by atoms with Gasteiger partial charge < -0.3 is 14.5 Å². The van der Waals surface area contributed by atoms with Gasteiger partial charge >= 0.3 is 0 Å². The number of fused-ring (bicyclic) bond motifs is 1. The highest BCUT2D eigenvalue weighted by Gasteiger charge is 2.24. The summed E-state index contributed by atoms with van der Waals surface area (Å²) in [6.07, 6.45) is 8.62. The molecule has 0 radical (unpaired) electrons. The quantitative estimate of drug-likeness (QED) is 0.543. The summed E-state index contributed by atoms with van der Waals surface area (Å²) < 4.78 is 2.17. The molecule has 156 valence electrons. The number of rotatable bonds is 4. The summed E-state index contributed by atoms with van der Waals surface area (Å²) in [4.78, 5) is 27.3. The number of carbonyl (C=O) groups excluding carboxylic acids is 1. The number of aromatic amines is 1. The van der Waals surface area contributed by atoms with Crippen molar-refractivity contribution in [2.45, 2.75) is 26.8 Å². The molecular weight excluding hydrogens is 386 g/mol. The normalized spacial score (nSPS) is 14.1. The number of hydrogen-bond acceptors (Lipinski definition) is 3. The van der Waals surface area contributed by atoms with Crippen molar-refractivity contribution < 1.29 is 4.79 Å². The third-order valence-electron chi connectivity index (χ3n) is 6.14. The van der Waals surface area contributed by atoms with E-state index in [9.17, 15) is 4.79 Å². The number of aromatic nitrogens is 4. The molecule has 1 amide bonds. The van der Waals surface area contributed by atoms with Gasteiger partial charge in [-0.1, -0.05) is 12.1 Å². The molecule has 6 nitrogen and oxygen atoms in total. The van der Waals surface area contributed by atoms with E-state index in [0.29, 0.717) is 19.6 Å². The van der Waals surface area contributed by atoms with Crippen molar-refractivity contribution in [1.29, 1.82) is 0 Å². The molecule has 5 heterocycles. The molecule has 1 aliphatic heterocycles. The van der Waals surface area contributed by atoms with E-state index in [2.05, 4.69) is 31.7 Å². The number of H-pyrrole nitrogens is 1. The number of pyridine rings is 2. The van der Waals surface area contributed by atoms with Gasteiger partial charge in [-0.3, -0.25) is 9.78 Å². The summed E-state index contributed by atoms with van der Waals surface area (Å²) in [6, 6.07) is 12.0. The molecule has 0 bridgehead atoms. The SMILES string of the molecule is Cc1cc(C(=O)N2CC=C(c3c[nH]c4ncccc34)CC2)c(C)n1Cc1ccccn1. The minimum atomic E-state index is 0.0938. The van der Waals surface area contributed by atoms with Crippen LogP contribution in [0.3, 0.4) is 0 Å². The third-order valence-corrected chi connectivity index (χ3v) is 6.14. The van der Waals surface area contributed by atoms with Crippen molar-refractivity contribution in [3.05, 3.63) is 89.3 Å². The molecule has 0 saturated carbocycles. The minimum Gasteiger partial charge on any atom is -0.346 e. The molecule has 31 heavy (non-hydrogen) atoms. The molecular formula is C25H25N5O. The molecule has 0 fully saturated rings. The highest BCUT2D eigenvalue weighted by Crippen LogP contribution is 2.29. The van der Waals surface area contributed by atoms with Gasteiger partial charge in [-0.05, 0) is 56.2 Å². The largest absolute Gasteiger partial charge is 0.346 e. The second kappa shape index (κ2) is 7.87. The number of nitrogens with one attached hydrogen (secondary N) is 1. The smallest absolute Gasteiger partial charge is 0.255 e. The van der Waals surface area contributed by atoms with Crippen LogP contribution >= 0.6 is 0 Å². The maximum atomic E-state index is 13.3. The lowest BCUT2D eigenvalue weighted by atomic mass is 9.99. The average Bonchev–Trinajstić information content (AvgIpc) is 3.36. The molecule has 0 atom stereocenters. The number of nitrogens with zero attached hydrogens (tertiary/aromatic N) is 4. The molecule has 0 saturated heterocycles. The van der Waals surface area contributed by atoms with Crippen LogP contribution in [0.5, 0.6) is 0 Å². The first kappa shape index (κ1) is 19.3. The Morgan fingerprint density at radius 1 is 1.13 bits per heavy atom. The summed E-state index contributed by atoms with van der Waals surface area (Å²) in [5.41, 5.74) is 7.19. The number of aryl methyl sites for hydroxylation is 1. The van der Waals surface area contributed by atoms with Crippen molar-refractivity contribution in [2.24, 2.45) is 0 Å². The van der Waals surface area contributed by atoms with Gasteiger partial charge in [0.05, 0.1) is 17.8 Å². The summed E-state index contributed by atoms with van der Waals surface area (Å²) in [7, 11) is 0. The fourth-order valence-electron chi connectivity index (χ4n) is 4.40. The maximum Gasteiger partial charge on any atom is 0.255 e. The Hall–Kier alpha value is -3.67. The Bertz CT molecular complexity index is 1280. The molecule has 0 unspecified atom stereocenters. The van der Waals surface area contributed by atoms with Gasteiger partial charge in [-0.15, -0.1) is 0 Å². The molecule has 5 rings (SSSR count). The van der Waals surface area contributed by atoms with Crippen LogP contribution in [0.1, 0.15) is 39.4 Å². The molecule has 4 aromatic rings. The summed E-state index contributed by atoms with van der Waals surface area (Å²) in [5, 5.41) is 1.13. The Kier molecular flexibility index (Phi) is 4.90. The second-order valence-corrected chi connectivity index (χ2v) is 8.02. The topological polar surface area (TPSA) is 66.8 Å². The molecule has 1 aliphatic rings. The zero-order valence-electron chi connectivity index (χ0n) is 17.8. The van der Waals surface area contributed by atoms with Gasteiger partial charge in [0.1, 0.15) is 5.65 Å². The first-order chi connectivity index (χ1) is 15.1. The van der Waals surface area contributed by atoms with Crippen molar-refractivity contribution in [3.8, 4) is 0 Å². The van der Waals surface area contributed by atoms with Crippen LogP contribution in [0, 0.1) is 13.8 Å². The van der Waals surface area contributed by atoms with Crippen LogP contribution in [0.15, 0.2) is 61.1 Å². The fourth-order valence-corrected chi connectivity index (χ4v) is 4.40. The lowest BCUT2D eigenvalue weighted by Crippen LogP contribution is -2.34. The van der Waals surface area contributed by atoms with Crippen molar-refractivity contribution in [1.82, 2.24) is 24.4 Å². The van der Waals surface area contributed by atoms with Gasteiger partial charge in [0, 0.05) is 54.0 Å². The van der Waals surface area contributed by atoms with E-state index in [1.54, 1.807) is 12.4 Å². The van der Waals surface area contributed by atoms with E-state index >= 15 is 0 Å². The van der Waals surface area contributed by atoms with E-state index in [1.807, 2.05) is 55.3 Å². The van der Waals surface area contributed by atoms with E-state index in [1.165, 1.54) is 11.1 Å². The predicted octanol–water partition coefficient (Wildman–Crippen LogP) is 4.35. The van der Waals surface area contributed by atoms with Gasteiger partial charge in [0.2, 0.25) is 0 Å². The van der Waals surface area contributed by atoms with Gasteiger partial charge in [-0.25, -0.2) is 4.98 Å². The zero-order chi connectivity index (χ0) is 21.4. The Labute approximate surface area is 181 Å². The Morgan fingerprint density at radius 3 is 2.77 bits per heavy atom. The van der Waals surface area contributed by atoms with Crippen LogP contribution < -0.4 is 0 Å². The molecule has 6 heteroatoms. The lowest BCUT2D eigenvalue weighted by molar-refractivity contribution is 0.0772. The van der Waals surface area contributed by atoms with E-state index in [0.717, 1.165) is 40.1 Å². The Morgan fingerprint density at radius 2 is 2.00 bits per heavy atom. The molecule has 0 aliphatic carbocycles. The van der Waals surface area contributed by atoms with Crippen LogP contribution in [-0.4, -0.2) is 43.4 Å². The maximum absolute atomic E-state index is 13.3. The van der Waals surface area contributed by atoms with Gasteiger partial charge in [-0.2, -0.15) is 0 Å². The van der Waals surface area contributed by atoms with E-state index in [4.69, 9.17) is 0 Å². The predicted molar refractivity (Wildman–Crippen MR) is 122 cm³/mol. The first-order valence-electron chi connectivity index (χ1n) is 10.6. The molecule has 1 N–H and O–H groups in total. The van der Waals surface area contributed by atoms with E-state index in [-0.39, 0.29) is 5.91 Å². The monoisotopic (exact) mass is 411 g/mol. The Balaban J connectivity index is 1.35. The standard InChI is InChI=1S/C25H25N5O/c1-17-14-22(18(2)30(17)16-20-6-3-4-10-26-20)25(31)29-12-8-19(9-13-29)23-15-28-24-21(23)7-5-11-27-24/h3-8,10-11,14-15H,9,12-13,16H2,1-2H3,(H,27,28). The van der Waals surface area contributed by atoms with E-state index < -0.39 is 0 Å². The van der Waals surface area contributed by atoms with Crippen LogP contribution in [0.2, 0.25) is 0 Å². The highest BCUT2D eigenvalue weighted by molar-refractivity contribution is 5.97. The molecule has 0 aromatic carbocycles. The van der Waals surface area contributed by atoms with Gasteiger partial charge in [0.15, 0.2) is 0 Å². The number of carbonyl (C=O) groups is 1. The van der Waals surface area contributed by atoms with Crippen LogP contribution in [0.25, 0.3) is 16.6 Å². The van der Waals surface area contributed by atoms with Crippen LogP contribution in [0.4, 0.5) is 0 Å². The highest BCUT2D eigenvalue weighted by atomic mass is 16.2. The van der Waals surface area contributed by atoms with Crippen LogP contribution in [-0.2, 0) is 6.54 Å².